The molecule has 1 aromatic carbocycles. The Balaban J connectivity index is 1.75. The van der Waals surface area contributed by atoms with Crippen LogP contribution in [0.15, 0.2) is 35.9 Å². The van der Waals surface area contributed by atoms with Gasteiger partial charge in [-0.25, -0.2) is 4.39 Å². The summed E-state index contributed by atoms with van der Waals surface area (Å²) in [5, 5.41) is 5.72. The van der Waals surface area contributed by atoms with Gasteiger partial charge in [0.2, 0.25) is 0 Å². The monoisotopic (exact) mass is 306 g/mol. The first-order chi connectivity index (χ1) is 10.2. The number of allylic oxidation sites excluding steroid dienone is 1. The quantitative estimate of drug-likeness (QED) is 0.662. The topological polar surface area (TPSA) is 41.1 Å². The summed E-state index contributed by atoms with van der Waals surface area (Å²) in [6.45, 7) is 0.683. The van der Waals surface area contributed by atoms with Gasteiger partial charge in [0, 0.05) is 6.54 Å². The lowest BCUT2D eigenvalue weighted by Crippen LogP contribution is -2.40. The van der Waals surface area contributed by atoms with Crippen molar-refractivity contribution >= 4 is 23.2 Å². The van der Waals surface area contributed by atoms with E-state index in [2.05, 4.69) is 16.7 Å². The average Bonchev–Trinajstić information content (AvgIpc) is 2.48. The van der Waals surface area contributed by atoms with Gasteiger partial charge in [-0.2, -0.15) is 0 Å². The number of rotatable bonds is 4. The van der Waals surface area contributed by atoms with Crippen LogP contribution in [-0.4, -0.2) is 17.6 Å². The second-order valence-electron chi connectivity index (χ2n) is 5.05. The van der Waals surface area contributed by atoms with Crippen LogP contribution in [0.5, 0.6) is 0 Å². The zero-order valence-electron chi connectivity index (χ0n) is 11.8. The molecule has 0 atom stereocenters. The number of hydrogen-bond acceptors (Lipinski definition) is 2. The predicted molar refractivity (Wildman–Crippen MR) is 85.6 cm³/mol. The number of carbonyl (C=O) groups is 1. The minimum Gasteiger partial charge on any atom is -0.362 e. The van der Waals surface area contributed by atoms with Crippen LogP contribution < -0.4 is 10.6 Å². The second-order valence-corrected chi connectivity index (χ2v) is 5.46. The summed E-state index contributed by atoms with van der Waals surface area (Å²) < 4.78 is 13.5. The molecule has 0 saturated heterocycles. The van der Waals surface area contributed by atoms with Crippen LogP contribution in [0.1, 0.15) is 42.5 Å². The third-order valence-corrected chi connectivity index (χ3v) is 3.71. The fourth-order valence-electron chi connectivity index (χ4n) is 2.33. The Morgan fingerprint density at radius 1 is 1.29 bits per heavy atom. The van der Waals surface area contributed by atoms with E-state index in [1.165, 1.54) is 30.5 Å². The SMILES string of the molecule is O=C(NC(=S)NCCC1=CCCCC1)c1ccccc1F. The second kappa shape index (κ2) is 7.88. The number of nitrogens with one attached hydrogen (secondary N) is 2. The smallest absolute Gasteiger partial charge is 0.260 e. The third-order valence-electron chi connectivity index (χ3n) is 3.46. The van der Waals surface area contributed by atoms with E-state index in [1.54, 1.807) is 12.1 Å². The van der Waals surface area contributed by atoms with Crippen molar-refractivity contribution in [3.8, 4) is 0 Å². The van der Waals surface area contributed by atoms with Gasteiger partial charge in [0.05, 0.1) is 5.56 Å². The summed E-state index contributed by atoms with van der Waals surface area (Å²) in [6, 6.07) is 5.84. The molecular formula is C16H19FN2OS. The maximum absolute atomic E-state index is 13.5. The van der Waals surface area contributed by atoms with Gasteiger partial charge in [-0.05, 0) is 56.5 Å². The van der Waals surface area contributed by atoms with Crippen LogP contribution in [0.2, 0.25) is 0 Å². The minimum atomic E-state index is -0.551. The van der Waals surface area contributed by atoms with Crippen molar-refractivity contribution in [1.82, 2.24) is 10.6 Å². The Morgan fingerprint density at radius 3 is 2.81 bits per heavy atom. The molecule has 0 aromatic heterocycles. The molecule has 0 radical (unpaired) electrons. The summed E-state index contributed by atoms with van der Waals surface area (Å²) in [7, 11) is 0. The lowest BCUT2D eigenvalue weighted by molar-refractivity contribution is 0.0973. The zero-order chi connectivity index (χ0) is 15.1. The van der Waals surface area contributed by atoms with Crippen molar-refractivity contribution in [2.24, 2.45) is 0 Å². The van der Waals surface area contributed by atoms with Gasteiger partial charge in [0.15, 0.2) is 5.11 Å². The number of hydrogen-bond donors (Lipinski definition) is 2. The van der Waals surface area contributed by atoms with Crippen LogP contribution in [0.4, 0.5) is 4.39 Å². The van der Waals surface area contributed by atoms with Gasteiger partial charge in [-0.3, -0.25) is 10.1 Å². The standard InChI is InChI=1S/C16H19FN2OS/c17-14-9-5-4-8-13(14)15(20)19-16(21)18-11-10-12-6-2-1-3-7-12/h4-6,8-9H,1-3,7,10-11H2,(H2,18,19,20,21). The highest BCUT2D eigenvalue weighted by molar-refractivity contribution is 7.80. The summed E-state index contributed by atoms with van der Waals surface area (Å²) in [5.74, 6) is -1.08. The Hall–Kier alpha value is -1.75. The normalized spacial score (nSPS) is 14.2. The van der Waals surface area contributed by atoms with Gasteiger partial charge in [0.25, 0.3) is 5.91 Å². The molecule has 1 aromatic rings. The zero-order valence-corrected chi connectivity index (χ0v) is 12.6. The van der Waals surface area contributed by atoms with Gasteiger partial charge in [-0.15, -0.1) is 0 Å². The fourth-order valence-corrected chi connectivity index (χ4v) is 2.52. The molecule has 0 spiro atoms. The summed E-state index contributed by atoms with van der Waals surface area (Å²) in [6.07, 6.45) is 8.04. The molecule has 1 aliphatic rings. The molecule has 2 N–H and O–H groups in total. The van der Waals surface area contributed by atoms with Crippen molar-refractivity contribution in [2.45, 2.75) is 32.1 Å². The third kappa shape index (κ3) is 4.93. The van der Waals surface area contributed by atoms with E-state index >= 15 is 0 Å². The highest BCUT2D eigenvalue weighted by atomic mass is 32.1. The van der Waals surface area contributed by atoms with Crippen molar-refractivity contribution in [3.63, 3.8) is 0 Å². The van der Waals surface area contributed by atoms with Gasteiger partial charge >= 0.3 is 0 Å². The fraction of sp³-hybridized carbons (Fsp3) is 0.375. The van der Waals surface area contributed by atoms with Crippen molar-refractivity contribution < 1.29 is 9.18 Å². The van der Waals surface area contributed by atoms with Crippen molar-refractivity contribution in [1.29, 1.82) is 0 Å². The van der Waals surface area contributed by atoms with Crippen LogP contribution in [0, 0.1) is 5.82 Å². The van der Waals surface area contributed by atoms with E-state index in [1.807, 2.05) is 0 Å². The van der Waals surface area contributed by atoms with Gasteiger partial charge in [-0.1, -0.05) is 23.8 Å². The molecule has 21 heavy (non-hydrogen) atoms. The van der Waals surface area contributed by atoms with Crippen LogP contribution >= 0.6 is 12.2 Å². The molecule has 0 heterocycles. The molecule has 3 nitrogen and oxygen atoms in total. The number of thiocarbonyl (C=S) groups is 1. The molecular weight excluding hydrogens is 287 g/mol. The lowest BCUT2D eigenvalue weighted by atomic mass is 9.97. The predicted octanol–water partition coefficient (Wildman–Crippen LogP) is 3.32. The highest BCUT2D eigenvalue weighted by Gasteiger charge is 2.12. The molecule has 0 unspecified atom stereocenters. The number of carbonyl (C=O) groups excluding carboxylic acids is 1. The van der Waals surface area contributed by atoms with Crippen molar-refractivity contribution in [2.75, 3.05) is 6.54 Å². The maximum Gasteiger partial charge on any atom is 0.260 e. The summed E-state index contributed by atoms with van der Waals surface area (Å²) in [5.41, 5.74) is 1.44. The molecule has 1 amide bonds. The first-order valence-corrected chi connectivity index (χ1v) is 7.59. The van der Waals surface area contributed by atoms with Crippen LogP contribution in [0.3, 0.4) is 0 Å². The lowest BCUT2D eigenvalue weighted by Gasteiger charge is -2.14. The van der Waals surface area contributed by atoms with Crippen LogP contribution in [0.25, 0.3) is 0 Å². The Kier molecular flexibility index (Phi) is 5.87. The first-order valence-electron chi connectivity index (χ1n) is 7.18. The summed E-state index contributed by atoms with van der Waals surface area (Å²) in [4.78, 5) is 11.9. The number of benzene rings is 1. The average molecular weight is 306 g/mol. The van der Waals surface area contributed by atoms with Gasteiger partial charge in [0.1, 0.15) is 5.82 Å². The first kappa shape index (κ1) is 15.6. The Bertz CT molecular complexity index is 557. The Morgan fingerprint density at radius 2 is 2.10 bits per heavy atom. The van der Waals surface area contributed by atoms with Crippen molar-refractivity contribution in [3.05, 3.63) is 47.3 Å². The molecule has 0 bridgehead atoms. The molecule has 5 heteroatoms. The number of halogens is 1. The Labute approximate surface area is 129 Å². The minimum absolute atomic E-state index is 0.00311. The van der Waals surface area contributed by atoms with E-state index in [-0.39, 0.29) is 10.7 Å². The molecule has 0 fully saturated rings. The van der Waals surface area contributed by atoms with E-state index in [0.29, 0.717) is 6.54 Å². The molecule has 0 aliphatic heterocycles. The number of amides is 1. The summed E-state index contributed by atoms with van der Waals surface area (Å²) >= 11 is 5.06. The highest BCUT2D eigenvalue weighted by Crippen LogP contribution is 2.19. The van der Waals surface area contributed by atoms with Gasteiger partial charge < -0.3 is 5.32 Å². The van der Waals surface area contributed by atoms with E-state index in [9.17, 15) is 9.18 Å². The largest absolute Gasteiger partial charge is 0.362 e. The molecule has 112 valence electrons. The van der Waals surface area contributed by atoms with E-state index < -0.39 is 11.7 Å². The molecule has 2 rings (SSSR count). The maximum atomic E-state index is 13.5. The van der Waals surface area contributed by atoms with Crippen LogP contribution in [-0.2, 0) is 0 Å². The van der Waals surface area contributed by atoms with E-state index in [0.717, 1.165) is 19.3 Å². The van der Waals surface area contributed by atoms with E-state index in [4.69, 9.17) is 12.2 Å². The molecule has 1 aliphatic carbocycles. The molecule has 0 saturated carbocycles.